The Kier molecular flexibility index (Phi) is 4.58. The Morgan fingerprint density at radius 2 is 1.93 bits per heavy atom. The zero-order valence-electron chi connectivity index (χ0n) is 15.6. The Balaban J connectivity index is 1.59. The first-order valence-corrected chi connectivity index (χ1v) is 9.84. The molecule has 4 rings (SSSR count). The molecule has 2 aliphatic rings. The summed E-state index contributed by atoms with van der Waals surface area (Å²) in [6.07, 6.45) is 0.773. The molecule has 1 N–H and O–H groups in total. The number of nitrogens with zero attached hydrogens (tertiary/aromatic N) is 1. The maximum absolute atomic E-state index is 13.1. The first-order valence-electron chi connectivity index (χ1n) is 9.02. The number of nitrogens with one attached hydrogen (secondary N) is 1. The quantitative estimate of drug-likeness (QED) is 0.630. The van der Waals surface area contributed by atoms with Gasteiger partial charge in [0.2, 0.25) is 0 Å². The highest BCUT2D eigenvalue weighted by atomic mass is 32.1. The van der Waals surface area contributed by atoms with E-state index in [9.17, 15) is 14.4 Å². The molecule has 0 bridgehead atoms. The van der Waals surface area contributed by atoms with Gasteiger partial charge in [-0.05, 0) is 43.7 Å². The minimum atomic E-state index is -1.27. The molecular formula is C20H20N2O5S. The normalized spacial score (nSPS) is 21.4. The largest absolute Gasteiger partial charge is 0.490 e. The topological polar surface area (TPSA) is 84.9 Å². The molecule has 28 heavy (non-hydrogen) atoms. The Labute approximate surface area is 166 Å². The van der Waals surface area contributed by atoms with Crippen LogP contribution in [0, 0.1) is 6.92 Å². The Hall–Kier alpha value is -2.87. The summed E-state index contributed by atoms with van der Waals surface area (Å²) in [6.45, 7) is 4.33. The average Bonchev–Trinajstić information content (AvgIpc) is 3.08. The molecule has 0 unspecified atom stereocenters. The van der Waals surface area contributed by atoms with Gasteiger partial charge < -0.3 is 14.8 Å². The minimum absolute atomic E-state index is 0.260. The van der Waals surface area contributed by atoms with Crippen molar-refractivity contribution in [3.63, 3.8) is 0 Å². The zero-order valence-corrected chi connectivity index (χ0v) is 16.4. The van der Waals surface area contributed by atoms with Crippen LogP contribution >= 0.6 is 11.3 Å². The lowest BCUT2D eigenvalue weighted by molar-refractivity contribution is -0.130. The number of hydrogen-bond acceptors (Lipinski definition) is 6. The van der Waals surface area contributed by atoms with E-state index < -0.39 is 17.5 Å². The van der Waals surface area contributed by atoms with Crippen molar-refractivity contribution in [2.75, 3.05) is 19.8 Å². The van der Waals surface area contributed by atoms with Gasteiger partial charge in [0.05, 0.1) is 24.6 Å². The molecular weight excluding hydrogens is 380 g/mol. The van der Waals surface area contributed by atoms with Crippen LogP contribution in [0.15, 0.2) is 30.3 Å². The molecule has 2 aliphatic heterocycles. The molecule has 3 amide bonds. The van der Waals surface area contributed by atoms with Crippen LogP contribution in [0.3, 0.4) is 0 Å². The molecule has 7 nitrogen and oxygen atoms in total. The van der Waals surface area contributed by atoms with Crippen molar-refractivity contribution in [3.8, 4) is 11.5 Å². The van der Waals surface area contributed by atoms with E-state index in [1.165, 1.54) is 11.3 Å². The number of Topliss-reactive ketones (excluding diaryl/α,β-unsaturated/α-hetero) is 1. The van der Waals surface area contributed by atoms with E-state index in [1.807, 2.05) is 13.0 Å². The van der Waals surface area contributed by atoms with Gasteiger partial charge in [0, 0.05) is 11.3 Å². The van der Waals surface area contributed by atoms with Gasteiger partial charge in [-0.25, -0.2) is 4.79 Å². The molecule has 0 saturated carbocycles. The molecule has 2 aromatic rings. The second kappa shape index (κ2) is 6.94. The second-order valence-electron chi connectivity index (χ2n) is 6.99. The van der Waals surface area contributed by atoms with E-state index in [0.29, 0.717) is 35.2 Å². The second-order valence-corrected chi connectivity index (χ2v) is 8.28. The predicted octanol–water partition coefficient (Wildman–Crippen LogP) is 2.87. The highest BCUT2D eigenvalue weighted by molar-refractivity contribution is 7.14. The number of ether oxygens (including phenoxy) is 2. The summed E-state index contributed by atoms with van der Waals surface area (Å²) >= 11 is 1.35. The number of ketones is 1. The van der Waals surface area contributed by atoms with Crippen molar-refractivity contribution in [3.05, 3.63) is 45.6 Å². The van der Waals surface area contributed by atoms with Crippen LogP contribution in [0.1, 0.15) is 33.5 Å². The van der Waals surface area contributed by atoms with Gasteiger partial charge in [-0.1, -0.05) is 6.07 Å². The lowest BCUT2D eigenvalue weighted by Crippen LogP contribution is -2.41. The molecule has 1 saturated heterocycles. The zero-order chi connectivity index (χ0) is 19.9. The number of rotatable bonds is 4. The average molecular weight is 400 g/mol. The molecule has 1 fully saturated rings. The lowest BCUT2D eigenvalue weighted by atomic mass is 9.91. The monoisotopic (exact) mass is 400 g/mol. The summed E-state index contributed by atoms with van der Waals surface area (Å²) in [4.78, 5) is 40.5. The minimum Gasteiger partial charge on any atom is -0.490 e. The Morgan fingerprint density at radius 3 is 2.64 bits per heavy atom. The van der Waals surface area contributed by atoms with E-state index in [4.69, 9.17) is 9.47 Å². The van der Waals surface area contributed by atoms with Crippen molar-refractivity contribution in [2.24, 2.45) is 0 Å². The van der Waals surface area contributed by atoms with Crippen molar-refractivity contribution >= 4 is 29.1 Å². The Bertz CT molecular complexity index is 969. The Morgan fingerprint density at radius 1 is 1.18 bits per heavy atom. The molecule has 0 radical (unpaired) electrons. The fraction of sp³-hybridized carbons (Fsp3) is 0.350. The fourth-order valence-electron chi connectivity index (χ4n) is 3.32. The molecule has 146 valence electrons. The number of fused-ring (bicyclic) bond motifs is 1. The van der Waals surface area contributed by atoms with Crippen LogP contribution < -0.4 is 14.8 Å². The number of hydrogen-bond donors (Lipinski definition) is 1. The molecule has 0 aliphatic carbocycles. The van der Waals surface area contributed by atoms with Gasteiger partial charge in [-0.2, -0.15) is 0 Å². The molecule has 1 aromatic heterocycles. The van der Waals surface area contributed by atoms with E-state index in [2.05, 4.69) is 5.32 Å². The van der Waals surface area contributed by atoms with E-state index in [-0.39, 0.29) is 12.3 Å². The summed E-state index contributed by atoms with van der Waals surface area (Å²) in [5.41, 5.74) is -0.690. The number of thiophene rings is 1. The van der Waals surface area contributed by atoms with Gasteiger partial charge in [0.1, 0.15) is 5.54 Å². The van der Waals surface area contributed by atoms with Crippen LogP contribution in [0.5, 0.6) is 11.5 Å². The van der Waals surface area contributed by atoms with E-state index in [1.54, 1.807) is 31.2 Å². The maximum atomic E-state index is 13.1. The molecule has 1 atom stereocenters. The van der Waals surface area contributed by atoms with Crippen LogP contribution in [0.4, 0.5) is 4.79 Å². The summed E-state index contributed by atoms with van der Waals surface area (Å²) in [7, 11) is 0. The van der Waals surface area contributed by atoms with Crippen molar-refractivity contribution in [1.29, 1.82) is 0 Å². The van der Waals surface area contributed by atoms with Crippen molar-refractivity contribution < 1.29 is 23.9 Å². The fourth-order valence-corrected chi connectivity index (χ4v) is 4.11. The third-order valence-corrected chi connectivity index (χ3v) is 5.96. The first-order chi connectivity index (χ1) is 13.4. The maximum Gasteiger partial charge on any atom is 0.325 e. The van der Waals surface area contributed by atoms with Crippen molar-refractivity contribution in [1.82, 2.24) is 10.2 Å². The number of carbonyl (C=O) groups is 3. The smallest absolute Gasteiger partial charge is 0.325 e. The van der Waals surface area contributed by atoms with E-state index >= 15 is 0 Å². The molecule has 0 spiro atoms. The number of aryl methyl sites for hydroxylation is 1. The lowest BCUT2D eigenvalue weighted by Gasteiger charge is -2.23. The summed E-state index contributed by atoms with van der Waals surface area (Å²) in [5, 5.41) is 2.72. The van der Waals surface area contributed by atoms with Crippen molar-refractivity contribution in [2.45, 2.75) is 25.8 Å². The highest BCUT2D eigenvalue weighted by Crippen LogP contribution is 2.36. The standard InChI is InChI=1S/C20H20N2O5S/c1-12-4-7-17(28-12)14(23)11-22-18(24)20(2,21-19(22)25)13-5-6-15-16(10-13)27-9-3-8-26-15/h4-7,10H,3,8-9,11H2,1-2H3,(H,21,25)/t20-/m1/s1. The summed E-state index contributed by atoms with van der Waals surface area (Å²) in [6, 6.07) is 8.16. The first kappa shape index (κ1) is 18.5. The highest BCUT2D eigenvalue weighted by Gasteiger charge is 2.49. The van der Waals surface area contributed by atoms with Crippen LogP contribution in [0.25, 0.3) is 0 Å². The molecule has 8 heteroatoms. The SMILES string of the molecule is Cc1ccc(C(=O)CN2C(=O)N[C@](C)(c3ccc4c(c3)OCCCO4)C2=O)s1. The summed E-state index contributed by atoms with van der Waals surface area (Å²) in [5.74, 6) is 0.432. The van der Waals surface area contributed by atoms with Gasteiger partial charge in [-0.15, -0.1) is 11.3 Å². The van der Waals surface area contributed by atoms with Gasteiger partial charge in [0.15, 0.2) is 17.3 Å². The third-order valence-electron chi connectivity index (χ3n) is 4.92. The van der Waals surface area contributed by atoms with Gasteiger partial charge in [-0.3, -0.25) is 14.5 Å². The van der Waals surface area contributed by atoms with Gasteiger partial charge >= 0.3 is 6.03 Å². The number of urea groups is 1. The summed E-state index contributed by atoms with van der Waals surface area (Å²) < 4.78 is 11.3. The van der Waals surface area contributed by atoms with Gasteiger partial charge in [0.25, 0.3) is 5.91 Å². The molecule has 3 heterocycles. The number of carbonyl (C=O) groups excluding carboxylic acids is 3. The van der Waals surface area contributed by atoms with Crippen LogP contribution in [-0.4, -0.2) is 42.4 Å². The van der Waals surface area contributed by atoms with Crippen LogP contribution in [0.2, 0.25) is 0 Å². The predicted molar refractivity (Wildman–Crippen MR) is 103 cm³/mol. The number of benzene rings is 1. The number of amides is 3. The third kappa shape index (κ3) is 3.13. The van der Waals surface area contributed by atoms with Crippen LogP contribution in [-0.2, 0) is 10.3 Å². The van der Waals surface area contributed by atoms with E-state index in [0.717, 1.165) is 16.2 Å². The molecule has 1 aromatic carbocycles. The number of imide groups is 1.